The SMILES string of the molecule is Cc1cc(C=O)ccc1-c1cccc(O)c1. The highest BCUT2D eigenvalue weighted by molar-refractivity contribution is 5.78. The van der Waals surface area contributed by atoms with E-state index in [1.807, 2.05) is 25.1 Å². The highest BCUT2D eigenvalue weighted by atomic mass is 16.3. The van der Waals surface area contributed by atoms with Gasteiger partial charge in [-0.25, -0.2) is 0 Å². The largest absolute Gasteiger partial charge is 0.508 e. The Morgan fingerprint density at radius 2 is 1.94 bits per heavy atom. The van der Waals surface area contributed by atoms with Gasteiger partial charge in [0.25, 0.3) is 0 Å². The normalized spacial score (nSPS) is 10.1. The third kappa shape index (κ3) is 1.96. The Morgan fingerprint density at radius 3 is 2.56 bits per heavy atom. The molecule has 1 N–H and O–H groups in total. The van der Waals surface area contributed by atoms with Crippen LogP contribution in [0.4, 0.5) is 0 Å². The predicted octanol–water partition coefficient (Wildman–Crippen LogP) is 3.18. The number of aryl methyl sites for hydroxylation is 1. The van der Waals surface area contributed by atoms with Gasteiger partial charge in [-0.1, -0.05) is 24.3 Å². The minimum absolute atomic E-state index is 0.247. The minimum Gasteiger partial charge on any atom is -0.508 e. The van der Waals surface area contributed by atoms with E-state index in [1.165, 1.54) is 0 Å². The second-order valence-corrected chi connectivity index (χ2v) is 3.74. The zero-order valence-corrected chi connectivity index (χ0v) is 8.97. The van der Waals surface area contributed by atoms with Crippen molar-refractivity contribution in [3.05, 3.63) is 53.6 Å². The third-order valence-electron chi connectivity index (χ3n) is 2.54. The first-order valence-electron chi connectivity index (χ1n) is 5.06. The van der Waals surface area contributed by atoms with E-state index >= 15 is 0 Å². The Hall–Kier alpha value is -2.09. The van der Waals surface area contributed by atoms with E-state index < -0.39 is 0 Å². The van der Waals surface area contributed by atoms with Gasteiger partial charge in [0.2, 0.25) is 0 Å². The number of phenols is 1. The number of hydrogen-bond donors (Lipinski definition) is 1. The van der Waals surface area contributed by atoms with Crippen LogP contribution in [0, 0.1) is 6.92 Å². The van der Waals surface area contributed by atoms with Crippen molar-refractivity contribution in [2.75, 3.05) is 0 Å². The van der Waals surface area contributed by atoms with Gasteiger partial charge in [0.1, 0.15) is 12.0 Å². The van der Waals surface area contributed by atoms with Crippen LogP contribution in [0.2, 0.25) is 0 Å². The first-order valence-corrected chi connectivity index (χ1v) is 5.06. The fourth-order valence-electron chi connectivity index (χ4n) is 1.76. The molecule has 0 saturated heterocycles. The van der Waals surface area contributed by atoms with Crippen LogP contribution >= 0.6 is 0 Å². The van der Waals surface area contributed by atoms with Gasteiger partial charge in [-0.15, -0.1) is 0 Å². The van der Waals surface area contributed by atoms with Gasteiger partial charge in [-0.05, 0) is 41.8 Å². The summed E-state index contributed by atoms with van der Waals surface area (Å²) in [4.78, 5) is 10.6. The molecule has 2 heteroatoms. The predicted molar refractivity (Wildman–Crippen MR) is 63.7 cm³/mol. The first kappa shape index (κ1) is 10.4. The van der Waals surface area contributed by atoms with Crippen LogP contribution in [0.3, 0.4) is 0 Å². The summed E-state index contributed by atoms with van der Waals surface area (Å²) in [5.74, 6) is 0.247. The Kier molecular flexibility index (Phi) is 2.73. The quantitative estimate of drug-likeness (QED) is 0.776. The Morgan fingerprint density at radius 1 is 1.12 bits per heavy atom. The molecule has 0 aromatic heterocycles. The topological polar surface area (TPSA) is 37.3 Å². The summed E-state index contributed by atoms with van der Waals surface area (Å²) in [6.45, 7) is 1.95. The average Bonchev–Trinajstić information content (AvgIpc) is 2.28. The summed E-state index contributed by atoms with van der Waals surface area (Å²) < 4.78 is 0. The minimum atomic E-state index is 0.247. The molecule has 0 fully saturated rings. The lowest BCUT2D eigenvalue weighted by Gasteiger charge is -2.06. The van der Waals surface area contributed by atoms with Crippen LogP contribution in [0.25, 0.3) is 11.1 Å². The van der Waals surface area contributed by atoms with Gasteiger partial charge in [-0.3, -0.25) is 4.79 Å². The summed E-state index contributed by atoms with van der Waals surface area (Å²) in [5, 5.41) is 9.41. The van der Waals surface area contributed by atoms with E-state index in [-0.39, 0.29) is 5.75 Å². The van der Waals surface area contributed by atoms with Crippen molar-refractivity contribution in [2.45, 2.75) is 6.92 Å². The lowest BCUT2D eigenvalue weighted by Crippen LogP contribution is -1.86. The number of aldehydes is 1. The molecule has 0 heterocycles. The van der Waals surface area contributed by atoms with E-state index in [9.17, 15) is 9.90 Å². The molecule has 0 aliphatic rings. The van der Waals surface area contributed by atoms with Crippen LogP contribution in [0.15, 0.2) is 42.5 Å². The van der Waals surface area contributed by atoms with Gasteiger partial charge in [0.15, 0.2) is 0 Å². The van der Waals surface area contributed by atoms with Gasteiger partial charge in [0.05, 0.1) is 0 Å². The zero-order valence-electron chi connectivity index (χ0n) is 8.97. The third-order valence-corrected chi connectivity index (χ3v) is 2.54. The monoisotopic (exact) mass is 212 g/mol. The van der Waals surface area contributed by atoms with Crippen LogP contribution in [0.1, 0.15) is 15.9 Å². The van der Waals surface area contributed by atoms with Crippen molar-refractivity contribution in [1.29, 1.82) is 0 Å². The van der Waals surface area contributed by atoms with Crippen molar-refractivity contribution in [3.63, 3.8) is 0 Å². The Labute approximate surface area is 94.2 Å². The van der Waals surface area contributed by atoms with E-state index in [4.69, 9.17) is 0 Å². The van der Waals surface area contributed by atoms with E-state index in [0.717, 1.165) is 23.0 Å². The van der Waals surface area contributed by atoms with Crippen LogP contribution in [-0.4, -0.2) is 11.4 Å². The second-order valence-electron chi connectivity index (χ2n) is 3.74. The Balaban J connectivity index is 2.52. The first-order chi connectivity index (χ1) is 7.70. The maximum absolute atomic E-state index is 10.6. The molecule has 0 spiro atoms. The van der Waals surface area contributed by atoms with Crippen molar-refractivity contribution in [3.8, 4) is 16.9 Å². The molecule has 0 saturated carbocycles. The molecular formula is C14H12O2. The molecule has 80 valence electrons. The molecule has 0 atom stereocenters. The van der Waals surface area contributed by atoms with Gasteiger partial charge in [0, 0.05) is 5.56 Å². The van der Waals surface area contributed by atoms with Crippen molar-refractivity contribution >= 4 is 6.29 Å². The smallest absolute Gasteiger partial charge is 0.150 e. The summed E-state index contributed by atoms with van der Waals surface area (Å²) in [6.07, 6.45) is 0.833. The number of carbonyl (C=O) groups excluding carboxylic acids is 1. The van der Waals surface area contributed by atoms with Crippen LogP contribution in [0.5, 0.6) is 5.75 Å². The highest BCUT2D eigenvalue weighted by Crippen LogP contribution is 2.26. The number of benzene rings is 2. The molecule has 2 aromatic rings. The van der Waals surface area contributed by atoms with Gasteiger partial charge in [-0.2, -0.15) is 0 Å². The molecule has 2 rings (SSSR count). The maximum atomic E-state index is 10.6. The fraction of sp³-hybridized carbons (Fsp3) is 0.0714. The van der Waals surface area contributed by atoms with E-state index in [1.54, 1.807) is 24.3 Å². The molecule has 0 aliphatic heterocycles. The van der Waals surface area contributed by atoms with Crippen LogP contribution in [-0.2, 0) is 0 Å². The lowest BCUT2D eigenvalue weighted by atomic mass is 9.99. The Bertz CT molecular complexity index is 530. The zero-order chi connectivity index (χ0) is 11.5. The summed E-state index contributed by atoms with van der Waals surface area (Å²) >= 11 is 0. The van der Waals surface area contributed by atoms with Gasteiger partial charge >= 0.3 is 0 Å². The number of rotatable bonds is 2. The average molecular weight is 212 g/mol. The van der Waals surface area contributed by atoms with E-state index in [2.05, 4.69) is 0 Å². The van der Waals surface area contributed by atoms with Crippen molar-refractivity contribution in [2.24, 2.45) is 0 Å². The lowest BCUT2D eigenvalue weighted by molar-refractivity contribution is 0.112. The molecule has 0 radical (unpaired) electrons. The summed E-state index contributed by atoms with van der Waals surface area (Å²) in [5.41, 5.74) is 3.67. The van der Waals surface area contributed by atoms with Crippen LogP contribution < -0.4 is 0 Å². The molecule has 0 unspecified atom stereocenters. The number of carbonyl (C=O) groups is 1. The number of aromatic hydroxyl groups is 1. The highest BCUT2D eigenvalue weighted by Gasteiger charge is 2.03. The summed E-state index contributed by atoms with van der Waals surface area (Å²) in [7, 11) is 0. The molecule has 0 amide bonds. The number of hydrogen-bond acceptors (Lipinski definition) is 2. The molecule has 0 bridgehead atoms. The molecule has 2 aromatic carbocycles. The van der Waals surface area contributed by atoms with Crippen molar-refractivity contribution < 1.29 is 9.90 Å². The molecule has 2 nitrogen and oxygen atoms in total. The van der Waals surface area contributed by atoms with Gasteiger partial charge < -0.3 is 5.11 Å². The summed E-state index contributed by atoms with van der Waals surface area (Å²) in [6, 6.07) is 12.6. The molecule has 16 heavy (non-hydrogen) atoms. The fourth-order valence-corrected chi connectivity index (χ4v) is 1.76. The maximum Gasteiger partial charge on any atom is 0.150 e. The molecular weight excluding hydrogens is 200 g/mol. The number of phenolic OH excluding ortho intramolecular Hbond substituents is 1. The van der Waals surface area contributed by atoms with Crippen molar-refractivity contribution in [1.82, 2.24) is 0 Å². The standard InChI is InChI=1S/C14H12O2/c1-10-7-11(9-15)5-6-14(10)12-3-2-4-13(16)8-12/h2-9,16H,1H3. The molecule has 0 aliphatic carbocycles. The second kappa shape index (κ2) is 4.19. The van der Waals surface area contributed by atoms with E-state index in [0.29, 0.717) is 5.56 Å².